The zero-order chi connectivity index (χ0) is 11.8. The molecular weight excluding hydrogens is 259 g/mol. The monoisotopic (exact) mass is 264 g/mol. The summed E-state index contributed by atoms with van der Waals surface area (Å²) in [5.74, 6) is 0.564. The lowest BCUT2D eigenvalue weighted by Gasteiger charge is -2.03. The minimum Gasteiger partial charge on any atom is -0.219 e. The van der Waals surface area contributed by atoms with E-state index >= 15 is 0 Å². The van der Waals surface area contributed by atoms with Gasteiger partial charge < -0.3 is 0 Å². The van der Waals surface area contributed by atoms with Crippen LogP contribution in [0.1, 0.15) is 0 Å². The first-order chi connectivity index (χ1) is 8.24. The average molecular weight is 265 g/mol. The van der Waals surface area contributed by atoms with Gasteiger partial charge in [0.15, 0.2) is 0 Å². The highest BCUT2D eigenvalue weighted by Crippen LogP contribution is 2.27. The van der Waals surface area contributed by atoms with Crippen LogP contribution < -0.4 is 0 Å². The number of aromatic nitrogens is 4. The first kappa shape index (κ1) is 10.5. The molecule has 0 unspecified atom stereocenters. The molecule has 0 saturated heterocycles. The highest BCUT2D eigenvalue weighted by Gasteiger charge is 2.04. The summed E-state index contributed by atoms with van der Waals surface area (Å²) >= 11 is 11.8. The normalized spacial score (nSPS) is 10.9. The SMILES string of the molecule is Clc1ccc(-c2cnc3ncnn3c2)cc1Cl. The van der Waals surface area contributed by atoms with Gasteiger partial charge in [0.2, 0.25) is 0 Å². The van der Waals surface area contributed by atoms with Crippen molar-refractivity contribution >= 4 is 29.0 Å². The van der Waals surface area contributed by atoms with E-state index in [1.807, 2.05) is 12.3 Å². The van der Waals surface area contributed by atoms with Crippen molar-refractivity contribution < 1.29 is 0 Å². The van der Waals surface area contributed by atoms with E-state index in [0.717, 1.165) is 11.1 Å². The molecule has 0 N–H and O–H groups in total. The summed E-state index contributed by atoms with van der Waals surface area (Å²) in [6, 6.07) is 5.43. The third-order valence-corrected chi connectivity index (χ3v) is 3.13. The molecule has 2 aromatic heterocycles. The molecule has 0 aliphatic heterocycles. The Balaban J connectivity index is 2.16. The Morgan fingerprint density at radius 3 is 2.71 bits per heavy atom. The Bertz CT molecular complexity index is 693. The summed E-state index contributed by atoms with van der Waals surface area (Å²) in [5, 5.41) is 5.08. The van der Waals surface area contributed by atoms with Crippen molar-refractivity contribution in [3.63, 3.8) is 0 Å². The molecule has 4 nitrogen and oxygen atoms in total. The number of benzene rings is 1. The Morgan fingerprint density at radius 1 is 1.00 bits per heavy atom. The quantitative estimate of drug-likeness (QED) is 0.679. The maximum Gasteiger partial charge on any atom is 0.252 e. The second-order valence-corrected chi connectivity index (χ2v) is 4.29. The Kier molecular flexibility index (Phi) is 2.46. The van der Waals surface area contributed by atoms with E-state index in [1.165, 1.54) is 6.33 Å². The number of halogens is 2. The van der Waals surface area contributed by atoms with Crippen molar-refractivity contribution in [2.45, 2.75) is 0 Å². The topological polar surface area (TPSA) is 43.1 Å². The van der Waals surface area contributed by atoms with Crippen LogP contribution in [0.4, 0.5) is 0 Å². The van der Waals surface area contributed by atoms with Crippen molar-refractivity contribution in [2.75, 3.05) is 0 Å². The van der Waals surface area contributed by atoms with Crippen molar-refractivity contribution in [1.82, 2.24) is 19.6 Å². The second kappa shape index (κ2) is 3.98. The molecule has 0 fully saturated rings. The molecule has 3 rings (SSSR count). The first-order valence-electron chi connectivity index (χ1n) is 4.85. The van der Waals surface area contributed by atoms with Crippen molar-refractivity contribution in [2.24, 2.45) is 0 Å². The van der Waals surface area contributed by atoms with Crippen LogP contribution in [-0.2, 0) is 0 Å². The molecule has 6 heteroatoms. The van der Waals surface area contributed by atoms with E-state index in [-0.39, 0.29) is 0 Å². The van der Waals surface area contributed by atoms with Crippen LogP contribution in [0.3, 0.4) is 0 Å². The predicted molar refractivity (Wildman–Crippen MR) is 66.2 cm³/mol. The number of hydrogen-bond acceptors (Lipinski definition) is 3. The van der Waals surface area contributed by atoms with Crippen molar-refractivity contribution in [3.8, 4) is 11.1 Å². The molecule has 0 bridgehead atoms. The molecule has 0 aliphatic rings. The predicted octanol–water partition coefficient (Wildman–Crippen LogP) is 3.10. The van der Waals surface area contributed by atoms with Gasteiger partial charge in [-0.3, -0.25) is 0 Å². The van der Waals surface area contributed by atoms with Gasteiger partial charge in [0.1, 0.15) is 6.33 Å². The average Bonchev–Trinajstić information content (AvgIpc) is 2.79. The van der Waals surface area contributed by atoms with Crippen LogP contribution in [0.25, 0.3) is 16.9 Å². The summed E-state index contributed by atoms with van der Waals surface area (Å²) in [6.07, 6.45) is 5.03. The van der Waals surface area contributed by atoms with Crippen LogP contribution in [0.5, 0.6) is 0 Å². The summed E-state index contributed by atoms with van der Waals surface area (Å²) in [4.78, 5) is 8.16. The molecular formula is C11H6Cl2N4. The van der Waals surface area contributed by atoms with Gasteiger partial charge in [0, 0.05) is 18.0 Å². The van der Waals surface area contributed by atoms with Gasteiger partial charge in [-0.25, -0.2) is 9.50 Å². The van der Waals surface area contributed by atoms with Crippen LogP contribution in [0.2, 0.25) is 10.0 Å². The first-order valence-corrected chi connectivity index (χ1v) is 5.60. The zero-order valence-electron chi connectivity index (χ0n) is 8.51. The zero-order valence-corrected chi connectivity index (χ0v) is 10.0. The second-order valence-electron chi connectivity index (χ2n) is 3.48. The van der Waals surface area contributed by atoms with Gasteiger partial charge in [-0.2, -0.15) is 10.1 Å². The molecule has 3 aromatic rings. The minimum absolute atomic E-state index is 0.517. The number of hydrogen-bond donors (Lipinski definition) is 0. The summed E-state index contributed by atoms with van der Waals surface area (Å²) < 4.78 is 1.61. The fraction of sp³-hybridized carbons (Fsp3) is 0. The molecule has 2 heterocycles. The lowest BCUT2D eigenvalue weighted by Crippen LogP contribution is -1.91. The third-order valence-electron chi connectivity index (χ3n) is 2.39. The molecule has 0 radical (unpaired) electrons. The lowest BCUT2D eigenvalue weighted by atomic mass is 10.1. The standard InChI is InChI=1S/C11H6Cl2N4/c12-9-2-1-7(3-10(9)13)8-4-14-11-15-6-16-17(11)5-8/h1-6H. The number of fused-ring (bicyclic) bond motifs is 1. The van der Waals surface area contributed by atoms with E-state index in [4.69, 9.17) is 23.2 Å². The molecule has 0 amide bonds. The maximum atomic E-state index is 5.97. The van der Waals surface area contributed by atoms with E-state index in [0.29, 0.717) is 15.8 Å². The molecule has 0 atom stereocenters. The van der Waals surface area contributed by atoms with Crippen LogP contribution in [-0.4, -0.2) is 19.6 Å². The highest BCUT2D eigenvalue weighted by molar-refractivity contribution is 6.42. The Labute approximate surface area is 107 Å². The van der Waals surface area contributed by atoms with E-state index in [1.54, 1.807) is 22.8 Å². The fourth-order valence-electron chi connectivity index (χ4n) is 1.54. The smallest absolute Gasteiger partial charge is 0.219 e. The number of nitrogens with zero attached hydrogens (tertiary/aromatic N) is 4. The van der Waals surface area contributed by atoms with Gasteiger partial charge in [-0.1, -0.05) is 29.3 Å². The van der Waals surface area contributed by atoms with E-state index in [2.05, 4.69) is 15.1 Å². The molecule has 0 saturated carbocycles. The maximum absolute atomic E-state index is 5.97. The van der Waals surface area contributed by atoms with Crippen LogP contribution in [0.15, 0.2) is 36.9 Å². The number of rotatable bonds is 1. The van der Waals surface area contributed by atoms with E-state index in [9.17, 15) is 0 Å². The van der Waals surface area contributed by atoms with Gasteiger partial charge in [0.05, 0.1) is 10.0 Å². The van der Waals surface area contributed by atoms with Gasteiger partial charge in [-0.15, -0.1) is 0 Å². The summed E-state index contributed by atoms with van der Waals surface area (Å²) in [6.45, 7) is 0. The fourth-order valence-corrected chi connectivity index (χ4v) is 1.84. The minimum atomic E-state index is 0.517. The van der Waals surface area contributed by atoms with Gasteiger partial charge >= 0.3 is 0 Å². The van der Waals surface area contributed by atoms with Crippen molar-refractivity contribution in [1.29, 1.82) is 0 Å². The van der Waals surface area contributed by atoms with Crippen LogP contribution in [0, 0.1) is 0 Å². The van der Waals surface area contributed by atoms with Gasteiger partial charge in [0.25, 0.3) is 5.78 Å². The molecule has 0 aliphatic carbocycles. The third kappa shape index (κ3) is 1.85. The summed E-state index contributed by atoms with van der Waals surface area (Å²) in [7, 11) is 0. The summed E-state index contributed by atoms with van der Waals surface area (Å²) in [5.41, 5.74) is 1.84. The molecule has 1 aromatic carbocycles. The lowest BCUT2D eigenvalue weighted by molar-refractivity contribution is 0.941. The molecule has 17 heavy (non-hydrogen) atoms. The van der Waals surface area contributed by atoms with Crippen molar-refractivity contribution in [3.05, 3.63) is 47.0 Å². The Hall–Kier alpha value is -1.65. The van der Waals surface area contributed by atoms with Gasteiger partial charge in [-0.05, 0) is 17.7 Å². The molecule has 84 valence electrons. The largest absolute Gasteiger partial charge is 0.252 e. The molecule has 0 spiro atoms. The highest BCUT2D eigenvalue weighted by atomic mass is 35.5. The van der Waals surface area contributed by atoms with E-state index < -0.39 is 0 Å². The van der Waals surface area contributed by atoms with Crippen LogP contribution >= 0.6 is 23.2 Å². The Morgan fingerprint density at radius 2 is 1.88 bits per heavy atom.